The molecule has 1 aliphatic rings. The van der Waals surface area contributed by atoms with E-state index in [1.807, 2.05) is 0 Å². The summed E-state index contributed by atoms with van der Waals surface area (Å²) in [5, 5.41) is 11.1. The molecule has 2 heterocycles. The fraction of sp³-hybridized carbons (Fsp3) is 0.292. The molecule has 1 saturated heterocycles. The van der Waals surface area contributed by atoms with Crippen LogP contribution in [0.15, 0.2) is 52.4 Å². The van der Waals surface area contributed by atoms with E-state index >= 15 is 0 Å². The summed E-state index contributed by atoms with van der Waals surface area (Å²) in [6.07, 6.45) is 4.99. The monoisotopic (exact) mass is 557 g/mol. The maximum absolute atomic E-state index is 13.1. The SMILES string of the molecule is C#CCn1c(=NC(=O)c2ccc(S(=O)(=O)N3CCN(C(=O)OCC)CC3)cc2)sc2cc([N+](=O)[O-])ccc21. The van der Waals surface area contributed by atoms with Gasteiger partial charge in [-0.15, -0.1) is 6.42 Å². The van der Waals surface area contributed by atoms with Crippen molar-refractivity contribution >= 4 is 49.3 Å². The molecule has 0 N–H and O–H groups in total. The number of thiazole rings is 1. The minimum Gasteiger partial charge on any atom is -0.450 e. The van der Waals surface area contributed by atoms with E-state index in [2.05, 4.69) is 10.9 Å². The molecular formula is C24H23N5O7S2. The van der Waals surface area contributed by atoms with Crippen LogP contribution in [0.4, 0.5) is 10.5 Å². The number of hydrogen-bond acceptors (Lipinski definition) is 8. The number of nitro benzene ring substituents is 1. The molecule has 1 aromatic heterocycles. The van der Waals surface area contributed by atoms with Crippen molar-refractivity contribution in [1.29, 1.82) is 0 Å². The maximum atomic E-state index is 13.1. The van der Waals surface area contributed by atoms with Crippen molar-refractivity contribution in [3.05, 3.63) is 62.9 Å². The second-order valence-corrected chi connectivity index (χ2v) is 11.1. The highest BCUT2D eigenvalue weighted by molar-refractivity contribution is 7.89. The van der Waals surface area contributed by atoms with Gasteiger partial charge in [0.15, 0.2) is 4.80 Å². The van der Waals surface area contributed by atoms with Crippen LogP contribution in [-0.4, -0.2) is 71.9 Å². The van der Waals surface area contributed by atoms with Crippen LogP contribution >= 0.6 is 11.3 Å². The second kappa shape index (κ2) is 11.1. The Morgan fingerprint density at radius 3 is 2.45 bits per heavy atom. The van der Waals surface area contributed by atoms with E-state index in [-0.39, 0.29) is 60.3 Å². The van der Waals surface area contributed by atoms with Gasteiger partial charge in [-0.2, -0.15) is 9.30 Å². The topological polar surface area (TPSA) is 144 Å². The number of carbonyl (C=O) groups is 2. The van der Waals surface area contributed by atoms with Crippen molar-refractivity contribution in [1.82, 2.24) is 13.8 Å². The van der Waals surface area contributed by atoms with Gasteiger partial charge in [0.2, 0.25) is 10.0 Å². The zero-order valence-corrected chi connectivity index (χ0v) is 21.9. The number of nitrogens with zero attached hydrogens (tertiary/aromatic N) is 5. The van der Waals surface area contributed by atoms with Gasteiger partial charge in [0.1, 0.15) is 0 Å². The second-order valence-electron chi connectivity index (χ2n) is 8.12. The molecule has 0 aliphatic carbocycles. The number of terminal acetylenes is 1. The van der Waals surface area contributed by atoms with Crippen molar-refractivity contribution < 1.29 is 27.7 Å². The zero-order valence-electron chi connectivity index (χ0n) is 20.3. The van der Waals surface area contributed by atoms with Crippen molar-refractivity contribution in [2.45, 2.75) is 18.4 Å². The summed E-state index contributed by atoms with van der Waals surface area (Å²) in [6, 6.07) is 9.71. The zero-order chi connectivity index (χ0) is 27.4. The molecule has 0 radical (unpaired) electrons. The van der Waals surface area contributed by atoms with Gasteiger partial charge < -0.3 is 14.2 Å². The average Bonchev–Trinajstić information content (AvgIpc) is 3.25. The molecule has 14 heteroatoms. The van der Waals surface area contributed by atoms with Crippen molar-refractivity contribution in [2.75, 3.05) is 32.8 Å². The first kappa shape index (κ1) is 27.0. The highest BCUT2D eigenvalue weighted by atomic mass is 32.2. The number of rotatable bonds is 6. The van der Waals surface area contributed by atoms with Crippen molar-refractivity contribution in [3.8, 4) is 12.3 Å². The van der Waals surface area contributed by atoms with E-state index < -0.39 is 26.9 Å². The fourth-order valence-corrected chi connectivity index (χ4v) is 6.38. The van der Waals surface area contributed by atoms with Gasteiger partial charge in [-0.1, -0.05) is 17.3 Å². The Hall–Kier alpha value is -4.06. The Morgan fingerprint density at radius 2 is 1.84 bits per heavy atom. The van der Waals surface area contributed by atoms with E-state index in [1.54, 1.807) is 17.6 Å². The third-order valence-corrected chi connectivity index (χ3v) is 8.78. The average molecular weight is 558 g/mol. The van der Waals surface area contributed by atoms with Crippen LogP contribution in [0.1, 0.15) is 17.3 Å². The van der Waals surface area contributed by atoms with Crippen LogP contribution in [0.2, 0.25) is 0 Å². The molecule has 3 aromatic rings. The molecule has 1 aliphatic heterocycles. The Labute approximate surface area is 222 Å². The van der Waals surface area contributed by atoms with Gasteiger partial charge >= 0.3 is 6.09 Å². The standard InChI is InChI=1S/C24H23N5O7S2/c1-3-11-28-20-10-7-18(29(32)33)16-21(20)37-23(28)25-22(30)17-5-8-19(9-6-17)38(34,35)27-14-12-26(13-15-27)24(31)36-4-2/h1,5-10,16H,4,11-15H2,2H3. The predicted octanol–water partition coefficient (Wildman–Crippen LogP) is 2.45. The molecule has 2 aromatic carbocycles. The molecule has 2 amide bonds. The largest absolute Gasteiger partial charge is 0.450 e. The van der Waals surface area contributed by atoms with E-state index in [9.17, 15) is 28.1 Å². The molecule has 4 rings (SSSR count). The Balaban J connectivity index is 1.55. The number of ether oxygens (including phenoxy) is 1. The van der Waals surface area contributed by atoms with Crippen molar-refractivity contribution in [3.63, 3.8) is 0 Å². The van der Waals surface area contributed by atoms with Gasteiger partial charge in [0, 0.05) is 43.9 Å². The summed E-state index contributed by atoms with van der Waals surface area (Å²) in [5.41, 5.74) is 0.671. The van der Waals surface area contributed by atoms with Crippen LogP contribution in [-0.2, 0) is 21.3 Å². The highest BCUT2D eigenvalue weighted by Crippen LogP contribution is 2.24. The lowest BCUT2D eigenvalue weighted by molar-refractivity contribution is -0.384. The smallest absolute Gasteiger partial charge is 0.409 e. The summed E-state index contributed by atoms with van der Waals surface area (Å²) >= 11 is 1.09. The maximum Gasteiger partial charge on any atom is 0.409 e. The Kier molecular flexibility index (Phi) is 7.91. The minimum atomic E-state index is -3.83. The normalized spacial score (nSPS) is 14.8. The number of amides is 2. The Morgan fingerprint density at radius 1 is 1.16 bits per heavy atom. The van der Waals surface area contributed by atoms with Gasteiger partial charge in [-0.3, -0.25) is 14.9 Å². The third-order valence-electron chi connectivity index (χ3n) is 5.83. The molecule has 198 valence electrons. The van der Waals surface area contributed by atoms with E-state index in [4.69, 9.17) is 11.2 Å². The summed E-state index contributed by atoms with van der Waals surface area (Å²) in [6.45, 7) is 2.71. The van der Waals surface area contributed by atoms with Crippen LogP contribution in [0.25, 0.3) is 10.2 Å². The number of piperazine rings is 1. The molecule has 1 fully saturated rings. The lowest BCUT2D eigenvalue weighted by Crippen LogP contribution is -2.50. The number of carbonyl (C=O) groups excluding carboxylic acids is 2. The number of hydrogen-bond donors (Lipinski definition) is 0. The number of aromatic nitrogens is 1. The lowest BCUT2D eigenvalue weighted by Gasteiger charge is -2.33. The molecule has 0 bridgehead atoms. The van der Waals surface area contributed by atoms with Crippen molar-refractivity contribution in [2.24, 2.45) is 4.99 Å². The summed E-state index contributed by atoms with van der Waals surface area (Å²) in [5.74, 6) is 1.87. The molecule has 0 atom stereocenters. The predicted molar refractivity (Wildman–Crippen MR) is 139 cm³/mol. The number of nitro groups is 1. The molecule has 12 nitrogen and oxygen atoms in total. The van der Waals surface area contributed by atoms with Crippen LogP contribution in [0.5, 0.6) is 0 Å². The third kappa shape index (κ3) is 5.44. The molecule has 0 spiro atoms. The highest BCUT2D eigenvalue weighted by Gasteiger charge is 2.30. The van der Waals surface area contributed by atoms with E-state index in [1.165, 1.54) is 45.6 Å². The quantitative estimate of drug-likeness (QED) is 0.257. The van der Waals surface area contributed by atoms with E-state index in [0.717, 1.165) is 11.3 Å². The van der Waals surface area contributed by atoms with Gasteiger partial charge in [-0.25, -0.2) is 13.2 Å². The molecule has 0 saturated carbocycles. The van der Waals surface area contributed by atoms with Crippen LogP contribution in [0.3, 0.4) is 0 Å². The number of sulfonamides is 1. The summed E-state index contributed by atoms with van der Waals surface area (Å²) < 4.78 is 34.5. The molecular weight excluding hydrogens is 534 g/mol. The fourth-order valence-electron chi connectivity index (χ4n) is 3.90. The first-order chi connectivity index (χ1) is 18.1. The van der Waals surface area contributed by atoms with Gasteiger partial charge in [0.05, 0.1) is 33.2 Å². The minimum absolute atomic E-state index is 0.00945. The number of non-ortho nitro benzene ring substituents is 1. The number of fused-ring (bicyclic) bond motifs is 1. The van der Waals surface area contributed by atoms with E-state index in [0.29, 0.717) is 10.2 Å². The summed E-state index contributed by atoms with van der Waals surface area (Å²) in [7, 11) is -3.83. The van der Waals surface area contributed by atoms with Crippen LogP contribution in [0, 0.1) is 22.5 Å². The van der Waals surface area contributed by atoms with Gasteiger partial charge in [-0.05, 0) is 37.3 Å². The number of benzene rings is 2. The lowest BCUT2D eigenvalue weighted by atomic mass is 10.2. The first-order valence-corrected chi connectivity index (χ1v) is 13.7. The molecule has 0 unspecified atom stereocenters. The summed E-state index contributed by atoms with van der Waals surface area (Å²) in [4.78, 5) is 41.2. The van der Waals surface area contributed by atoms with Crippen LogP contribution < -0.4 is 4.80 Å². The molecule has 38 heavy (non-hydrogen) atoms. The Bertz CT molecular complexity index is 1610. The first-order valence-electron chi connectivity index (χ1n) is 11.5. The van der Waals surface area contributed by atoms with Gasteiger partial charge in [0.25, 0.3) is 11.6 Å².